The van der Waals surface area contributed by atoms with Gasteiger partial charge in [-0.3, -0.25) is 0 Å². The van der Waals surface area contributed by atoms with Gasteiger partial charge in [0.15, 0.2) is 6.10 Å². The molecule has 0 spiro atoms. The van der Waals surface area contributed by atoms with Crippen LogP contribution >= 0.6 is 15.9 Å². The lowest BCUT2D eigenvalue weighted by Gasteiger charge is -2.02. The van der Waals surface area contributed by atoms with Crippen molar-refractivity contribution in [1.82, 2.24) is 0 Å². The number of halogens is 2. The van der Waals surface area contributed by atoms with Crippen molar-refractivity contribution in [3.63, 3.8) is 0 Å². The highest BCUT2D eigenvalue weighted by molar-refractivity contribution is 9.10. The highest BCUT2D eigenvalue weighted by Gasteiger charge is 2.21. The van der Waals surface area contributed by atoms with Crippen molar-refractivity contribution in [2.75, 3.05) is 6.61 Å². The van der Waals surface area contributed by atoms with E-state index in [1.807, 2.05) is 0 Å². The Morgan fingerprint density at radius 1 is 1.60 bits per heavy atom. The molecular formula is C10H9BrFNO2. The first kappa shape index (κ1) is 10.6. The van der Waals surface area contributed by atoms with E-state index < -0.39 is 0 Å². The zero-order valence-corrected chi connectivity index (χ0v) is 9.37. The van der Waals surface area contributed by atoms with Crippen LogP contribution in [-0.4, -0.2) is 23.5 Å². The van der Waals surface area contributed by atoms with Crippen molar-refractivity contribution >= 4 is 21.6 Å². The predicted molar refractivity (Wildman–Crippen MR) is 57.2 cm³/mol. The van der Waals surface area contributed by atoms with Crippen LogP contribution < -0.4 is 0 Å². The Morgan fingerprint density at radius 3 is 3.00 bits per heavy atom. The van der Waals surface area contributed by atoms with Crippen LogP contribution in [0.3, 0.4) is 0 Å². The summed E-state index contributed by atoms with van der Waals surface area (Å²) in [5.74, 6) is -0.331. The SMILES string of the molecule is OCC1CC(c2ccc(Br)c(F)c2)=NO1. The molecule has 3 nitrogen and oxygen atoms in total. The Labute approximate surface area is 94.7 Å². The monoisotopic (exact) mass is 273 g/mol. The third-order valence-electron chi connectivity index (χ3n) is 2.19. The molecule has 5 heteroatoms. The van der Waals surface area contributed by atoms with E-state index >= 15 is 0 Å². The largest absolute Gasteiger partial charge is 0.392 e. The number of oxime groups is 1. The Hall–Kier alpha value is -0.940. The summed E-state index contributed by atoms with van der Waals surface area (Å²) in [4.78, 5) is 4.94. The number of benzene rings is 1. The fraction of sp³-hybridized carbons (Fsp3) is 0.300. The molecule has 1 aromatic rings. The van der Waals surface area contributed by atoms with Crippen molar-refractivity contribution in [3.8, 4) is 0 Å². The number of aliphatic hydroxyl groups is 1. The van der Waals surface area contributed by atoms with Crippen LogP contribution in [0.15, 0.2) is 27.8 Å². The van der Waals surface area contributed by atoms with Crippen LogP contribution in [0.2, 0.25) is 0 Å². The lowest BCUT2D eigenvalue weighted by molar-refractivity contribution is 0.0390. The van der Waals surface area contributed by atoms with Gasteiger partial charge in [0.2, 0.25) is 0 Å². The molecule has 0 bridgehead atoms. The summed E-state index contributed by atoms with van der Waals surface area (Å²) in [6.45, 7) is -0.0774. The second kappa shape index (κ2) is 4.28. The topological polar surface area (TPSA) is 41.8 Å². The summed E-state index contributed by atoms with van der Waals surface area (Å²) in [6.07, 6.45) is 0.212. The second-order valence-electron chi connectivity index (χ2n) is 3.28. The zero-order chi connectivity index (χ0) is 10.8. The lowest BCUT2D eigenvalue weighted by Crippen LogP contribution is -2.12. The molecular weight excluding hydrogens is 265 g/mol. The van der Waals surface area contributed by atoms with Crippen molar-refractivity contribution in [2.24, 2.45) is 5.16 Å². The smallest absolute Gasteiger partial charge is 0.156 e. The third kappa shape index (κ3) is 2.18. The van der Waals surface area contributed by atoms with Crippen LogP contribution in [0.4, 0.5) is 4.39 Å². The lowest BCUT2D eigenvalue weighted by atomic mass is 10.1. The van der Waals surface area contributed by atoms with Gasteiger partial charge in [0.05, 0.1) is 16.8 Å². The van der Waals surface area contributed by atoms with Crippen LogP contribution in [0, 0.1) is 5.82 Å². The van der Waals surface area contributed by atoms with Crippen LogP contribution in [0.25, 0.3) is 0 Å². The summed E-state index contributed by atoms with van der Waals surface area (Å²) in [6, 6.07) is 4.78. The first-order chi connectivity index (χ1) is 7.20. The molecule has 1 aliphatic rings. The van der Waals surface area contributed by atoms with Crippen molar-refractivity contribution in [3.05, 3.63) is 34.1 Å². The molecule has 1 heterocycles. The van der Waals surface area contributed by atoms with Gasteiger partial charge < -0.3 is 9.94 Å². The van der Waals surface area contributed by atoms with E-state index in [1.54, 1.807) is 12.1 Å². The van der Waals surface area contributed by atoms with Gasteiger partial charge in [0.1, 0.15) is 5.82 Å². The Morgan fingerprint density at radius 2 is 2.40 bits per heavy atom. The van der Waals surface area contributed by atoms with Crippen LogP contribution in [0.1, 0.15) is 12.0 Å². The van der Waals surface area contributed by atoms with E-state index in [9.17, 15) is 4.39 Å². The van der Waals surface area contributed by atoms with Gasteiger partial charge in [-0.25, -0.2) is 4.39 Å². The molecule has 1 aromatic carbocycles. The number of rotatable bonds is 2. The van der Waals surface area contributed by atoms with Gasteiger partial charge >= 0.3 is 0 Å². The van der Waals surface area contributed by atoms with Gasteiger partial charge in [-0.2, -0.15) is 0 Å². The molecule has 0 radical (unpaired) electrons. The van der Waals surface area contributed by atoms with Gasteiger partial charge in [-0.15, -0.1) is 0 Å². The van der Waals surface area contributed by atoms with E-state index in [-0.39, 0.29) is 18.5 Å². The first-order valence-electron chi connectivity index (χ1n) is 4.49. The summed E-state index contributed by atoms with van der Waals surface area (Å²) >= 11 is 3.08. The number of nitrogens with zero attached hydrogens (tertiary/aromatic N) is 1. The molecule has 0 aliphatic carbocycles. The molecule has 0 amide bonds. The van der Waals surface area contributed by atoms with E-state index in [1.165, 1.54) is 6.07 Å². The molecule has 0 aromatic heterocycles. The maximum Gasteiger partial charge on any atom is 0.156 e. The Kier molecular flexibility index (Phi) is 3.02. The maximum absolute atomic E-state index is 13.2. The van der Waals surface area contributed by atoms with E-state index in [0.717, 1.165) is 0 Å². The predicted octanol–water partition coefficient (Wildman–Crippen LogP) is 2.07. The van der Waals surface area contributed by atoms with Crippen molar-refractivity contribution in [1.29, 1.82) is 0 Å². The maximum atomic E-state index is 13.2. The highest BCUT2D eigenvalue weighted by atomic mass is 79.9. The minimum absolute atomic E-state index is 0.0774. The molecule has 1 aliphatic heterocycles. The molecule has 0 saturated carbocycles. The molecule has 80 valence electrons. The van der Waals surface area contributed by atoms with E-state index in [4.69, 9.17) is 9.94 Å². The summed E-state index contributed by atoms with van der Waals surface area (Å²) < 4.78 is 13.6. The highest BCUT2D eigenvalue weighted by Crippen LogP contribution is 2.21. The second-order valence-corrected chi connectivity index (χ2v) is 4.14. The fourth-order valence-electron chi connectivity index (χ4n) is 1.37. The van der Waals surface area contributed by atoms with Crippen molar-refractivity contribution in [2.45, 2.75) is 12.5 Å². The summed E-state index contributed by atoms with van der Waals surface area (Å²) in [7, 11) is 0. The molecule has 1 atom stereocenters. The van der Waals surface area contributed by atoms with Crippen LogP contribution in [-0.2, 0) is 4.84 Å². The summed E-state index contributed by atoms with van der Waals surface area (Å²) in [5.41, 5.74) is 1.35. The number of hydrogen-bond donors (Lipinski definition) is 1. The minimum Gasteiger partial charge on any atom is -0.392 e. The average Bonchev–Trinajstić information content (AvgIpc) is 2.70. The standard InChI is InChI=1S/C10H9BrFNO2/c11-8-2-1-6(3-9(8)12)10-4-7(5-14)15-13-10/h1-3,7,14H,4-5H2. The van der Waals surface area contributed by atoms with Gasteiger partial charge in [0, 0.05) is 12.0 Å². The third-order valence-corrected chi connectivity index (χ3v) is 2.83. The Bertz CT molecular complexity index is 408. The molecule has 0 saturated heterocycles. The molecule has 1 unspecified atom stereocenters. The van der Waals surface area contributed by atoms with Gasteiger partial charge in [-0.1, -0.05) is 11.2 Å². The molecule has 1 N–H and O–H groups in total. The number of hydrogen-bond acceptors (Lipinski definition) is 3. The van der Waals surface area contributed by atoms with Gasteiger partial charge in [-0.05, 0) is 28.1 Å². The average molecular weight is 274 g/mol. The normalized spacial score (nSPS) is 19.9. The quantitative estimate of drug-likeness (QED) is 0.897. The van der Waals surface area contributed by atoms with Gasteiger partial charge in [0.25, 0.3) is 0 Å². The molecule has 0 fully saturated rings. The van der Waals surface area contributed by atoms with Crippen LogP contribution in [0.5, 0.6) is 0 Å². The first-order valence-corrected chi connectivity index (χ1v) is 5.29. The minimum atomic E-state index is -0.331. The molecule has 15 heavy (non-hydrogen) atoms. The zero-order valence-electron chi connectivity index (χ0n) is 7.78. The summed E-state index contributed by atoms with van der Waals surface area (Å²) in [5, 5.41) is 12.7. The number of aliphatic hydroxyl groups excluding tert-OH is 1. The fourth-order valence-corrected chi connectivity index (χ4v) is 1.62. The van der Waals surface area contributed by atoms with Crippen molar-refractivity contribution < 1.29 is 14.3 Å². The van der Waals surface area contributed by atoms with E-state index in [2.05, 4.69) is 21.1 Å². The molecule has 2 rings (SSSR count). The van der Waals surface area contributed by atoms with E-state index in [0.29, 0.717) is 22.2 Å². The Balaban J connectivity index is 2.21.